The van der Waals surface area contributed by atoms with E-state index in [2.05, 4.69) is 25.2 Å². The van der Waals surface area contributed by atoms with Gasteiger partial charge in [-0.25, -0.2) is 18.1 Å². The molecule has 1 aromatic heterocycles. The molecule has 3 N–H and O–H groups in total. The van der Waals surface area contributed by atoms with Gasteiger partial charge in [0.2, 0.25) is 16.0 Å². The van der Waals surface area contributed by atoms with E-state index >= 15 is 0 Å². The Morgan fingerprint density at radius 1 is 0.826 bits per heavy atom. The van der Waals surface area contributed by atoms with Crippen molar-refractivity contribution in [3.63, 3.8) is 0 Å². The number of para-hydroxylation sites is 1. The number of alkyl halides is 6. The number of benzene rings is 2. The Labute approximate surface area is 263 Å². The second-order valence-corrected chi connectivity index (χ2v) is 13.4. The fourth-order valence-electron chi connectivity index (χ4n) is 5.72. The standard InChI is InChI=1S/C30H36F6N6O3S/c31-29(32,33)22-15-23(30(34,35)36)17-24(16-22)46(43,44)39-19-21-7-5-20(6-8-21)18-38-28-40-26-4-2-1-3-25(26)27(41-28)37-9-10-42-11-13-45-14-12-42/h1-4,15-17,20-21,39H,5-14,18-19H2,(H2,37,38,40,41)/t20-,21-. The van der Waals surface area contributed by atoms with Crippen molar-refractivity contribution in [2.75, 3.05) is 63.1 Å². The van der Waals surface area contributed by atoms with Gasteiger partial charge in [0.15, 0.2) is 0 Å². The van der Waals surface area contributed by atoms with E-state index in [0.29, 0.717) is 31.9 Å². The van der Waals surface area contributed by atoms with E-state index in [9.17, 15) is 34.8 Å². The van der Waals surface area contributed by atoms with E-state index in [4.69, 9.17) is 9.72 Å². The topological polar surface area (TPSA) is 108 Å². The summed E-state index contributed by atoms with van der Waals surface area (Å²) in [4.78, 5) is 10.6. The van der Waals surface area contributed by atoms with E-state index in [-0.39, 0.29) is 36.6 Å². The molecule has 2 fully saturated rings. The number of hydrogen-bond acceptors (Lipinski definition) is 8. The average molecular weight is 675 g/mol. The van der Waals surface area contributed by atoms with Gasteiger partial charge < -0.3 is 15.4 Å². The third-order valence-electron chi connectivity index (χ3n) is 8.38. The summed E-state index contributed by atoms with van der Waals surface area (Å²) in [6.45, 7) is 5.32. The van der Waals surface area contributed by atoms with E-state index in [0.717, 1.165) is 62.4 Å². The number of nitrogens with one attached hydrogen (secondary N) is 3. The smallest absolute Gasteiger partial charge is 0.379 e. The van der Waals surface area contributed by atoms with Crippen molar-refractivity contribution in [1.82, 2.24) is 19.6 Å². The molecule has 1 aliphatic heterocycles. The average Bonchev–Trinajstić information content (AvgIpc) is 3.03. The van der Waals surface area contributed by atoms with Crippen molar-refractivity contribution >= 4 is 32.7 Å². The van der Waals surface area contributed by atoms with Gasteiger partial charge in [-0.15, -0.1) is 0 Å². The molecule has 5 rings (SSSR count). The molecule has 16 heteroatoms. The number of sulfonamides is 1. The molecule has 1 aliphatic carbocycles. The summed E-state index contributed by atoms with van der Waals surface area (Å²) in [6, 6.07) is 8.08. The molecule has 0 unspecified atom stereocenters. The van der Waals surface area contributed by atoms with Crippen LogP contribution in [-0.4, -0.2) is 75.8 Å². The number of morpholine rings is 1. The van der Waals surface area contributed by atoms with Crippen molar-refractivity contribution in [2.24, 2.45) is 11.8 Å². The maximum Gasteiger partial charge on any atom is 0.416 e. The van der Waals surface area contributed by atoms with Gasteiger partial charge in [0.05, 0.1) is 34.8 Å². The summed E-state index contributed by atoms with van der Waals surface area (Å²) in [6.07, 6.45) is -7.51. The molecular formula is C30H36F6N6O3S. The first-order valence-electron chi connectivity index (χ1n) is 15.1. The highest BCUT2D eigenvalue weighted by Gasteiger charge is 2.38. The van der Waals surface area contributed by atoms with Crippen LogP contribution in [0.15, 0.2) is 47.4 Å². The Morgan fingerprint density at radius 2 is 1.43 bits per heavy atom. The maximum absolute atomic E-state index is 13.2. The lowest BCUT2D eigenvalue weighted by atomic mass is 9.82. The van der Waals surface area contributed by atoms with Crippen LogP contribution in [0.1, 0.15) is 36.8 Å². The Bertz CT molecular complexity index is 1560. The van der Waals surface area contributed by atoms with Crippen molar-refractivity contribution < 1.29 is 39.5 Å². The highest BCUT2D eigenvalue weighted by Crippen LogP contribution is 2.37. The Hall–Kier alpha value is -3.21. The van der Waals surface area contributed by atoms with E-state index in [1.165, 1.54) is 0 Å². The van der Waals surface area contributed by atoms with E-state index < -0.39 is 38.4 Å². The lowest BCUT2D eigenvalue weighted by Gasteiger charge is -2.29. The second kappa shape index (κ2) is 14.3. The third kappa shape index (κ3) is 8.98. The zero-order chi connectivity index (χ0) is 33.0. The first kappa shape index (κ1) is 34.1. The van der Waals surface area contributed by atoms with Crippen LogP contribution < -0.4 is 15.4 Å². The van der Waals surface area contributed by atoms with Gasteiger partial charge in [0.25, 0.3) is 0 Å². The molecule has 0 spiro atoms. The van der Waals surface area contributed by atoms with Gasteiger partial charge >= 0.3 is 12.4 Å². The summed E-state index contributed by atoms with van der Waals surface area (Å²) in [5, 5.41) is 7.68. The molecule has 1 saturated carbocycles. The summed E-state index contributed by atoms with van der Waals surface area (Å²) in [5.41, 5.74) is -2.56. The lowest BCUT2D eigenvalue weighted by Crippen LogP contribution is -2.39. The molecule has 2 heterocycles. The Kier molecular flexibility index (Phi) is 10.6. The second-order valence-electron chi connectivity index (χ2n) is 11.7. The van der Waals surface area contributed by atoms with Gasteiger partial charge in [-0.1, -0.05) is 12.1 Å². The Balaban J connectivity index is 1.14. The fourth-order valence-corrected chi connectivity index (χ4v) is 6.90. The Morgan fingerprint density at radius 3 is 2.07 bits per heavy atom. The first-order chi connectivity index (χ1) is 21.8. The molecule has 3 aromatic rings. The van der Waals surface area contributed by atoms with Gasteiger partial charge in [0, 0.05) is 44.7 Å². The molecule has 46 heavy (non-hydrogen) atoms. The molecule has 9 nitrogen and oxygen atoms in total. The molecule has 1 saturated heterocycles. The minimum Gasteiger partial charge on any atom is -0.379 e. The van der Waals surface area contributed by atoms with Gasteiger partial charge in [-0.05, 0) is 67.9 Å². The van der Waals surface area contributed by atoms with Gasteiger partial charge in [-0.3, -0.25) is 4.90 Å². The van der Waals surface area contributed by atoms with Gasteiger partial charge in [0.1, 0.15) is 5.82 Å². The predicted molar refractivity (Wildman–Crippen MR) is 161 cm³/mol. The molecular weight excluding hydrogens is 638 g/mol. The van der Waals surface area contributed by atoms with Crippen LogP contribution in [0.3, 0.4) is 0 Å². The summed E-state index contributed by atoms with van der Waals surface area (Å²) in [7, 11) is -4.61. The van der Waals surface area contributed by atoms with E-state index in [1.54, 1.807) is 0 Å². The fraction of sp³-hybridized carbons (Fsp3) is 0.533. The van der Waals surface area contributed by atoms with Gasteiger partial charge in [-0.2, -0.15) is 31.3 Å². The number of fused-ring (bicyclic) bond motifs is 1. The predicted octanol–water partition coefficient (Wildman–Crippen LogP) is 5.61. The van der Waals surface area contributed by atoms with Crippen LogP contribution in [-0.2, 0) is 27.1 Å². The molecule has 0 amide bonds. The molecule has 2 aliphatic rings. The van der Waals surface area contributed by atoms with Crippen LogP contribution in [0.5, 0.6) is 0 Å². The van der Waals surface area contributed by atoms with Crippen molar-refractivity contribution in [1.29, 1.82) is 0 Å². The highest BCUT2D eigenvalue weighted by molar-refractivity contribution is 7.89. The monoisotopic (exact) mass is 674 g/mol. The maximum atomic E-state index is 13.2. The number of rotatable bonds is 11. The number of halogens is 6. The van der Waals surface area contributed by atoms with Crippen LogP contribution in [0.25, 0.3) is 10.9 Å². The number of nitrogens with zero attached hydrogens (tertiary/aromatic N) is 3. The number of aromatic nitrogens is 2. The van der Waals surface area contributed by atoms with Crippen molar-refractivity contribution in [3.8, 4) is 0 Å². The number of ether oxygens (including phenoxy) is 1. The zero-order valence-electron chi connectivity index (χ0n) is 24.9. The lowest BCUT2D eigenvalue weighted by molar-refractivity contribution is -0.143. The quantitative estimate of drug-likeness (QED) is 0.226. The largest absolute Gasteiger partial charge is 0.416 e. The third-order valence-corrected chi connectivity index (χ3v) is 9.78. The minimum atomic E-state index is -5.14. The SMILES string of the molecule is O=S(=O)(NC[C@H]1CC[C@H](CNc2nc(NCCN3CCOCC3)c3ccccc3n2)CC1)c1cc(C(F)(F)F)cc(C(F)(F)F)c1. The normalized spacial score (nSPS) is 20.1. The molecule has 0 atom stereocenters. The van der Waals surface area contributed by atoms with Crippen molar-refractivity contribution in [3.05, 3.63) is 53.6 Å². The number of hydrogen-bond donors (Lipinski definition) is 3. The molecule has 2 aromatic carbocycles. The first-order valence-corrected chi connectivity index (χ1v) is 16.6. The molecule has 252 valence electrons. The van der Waals surface area contributed by atoms with E-state index in [1.807, 2.05) is 24.3 Å². The van der Waals surface area contributed by atoms with Crippen LogP contribution >= 0.6 is 0 Å². The highest BCUT2D eigenvalue weighted by atomic mass is 32.2. The minimum absolute atomic E-state index is 0.0899. The van der Waals surface area contributed by atoms with Crippen LogP contribution in [0, 0.1) is 11.8 Å². The summed E-state index contributed by atoms with van der Waals surface area (Å²) in [5.74, 6) is 1.36. The molecule has 0 bridgehead atoms. The summed E-state index contributed by atoms with van der Waals surface area (Å²) < 4.78 is 112. The van der Waals surface area contributed by atoms with Crippen molar-refractivity contribution in [2.45, 2.75) is 42.9 Å². The summed E-state index contributed by atoms with van der Waals surface area (Å²) >= 11 is 0. The number of anilines is 2. The van der Waals surface area contributed by atoms with Crippen LogP contribution in [0.4, 0.5) is 38.1 Å². The zero-order valence-corrected chi connectivity index (χ0v) is 25.7. The molecule has 0 radical (unpaired) electrons. The van der Waals surface area contributed by atoms with Crippen LogP contribution in [0.2, 0.25) is 0 Å².